The average molecular weight is 571 g/mol. The van der Waals surface area contributed by atoms with Crippen LogP contribution in [0.3, 0.4) is 0 Å². The molecular formula is C27H34N6O6S. The number of aromatic nitrogens is 2. The van der Waals surface area contributed by atoms with Crippen LogP contribution in [0, 0.1) is 0 Å². The first kappa shape index (κ1) is 30.2. The number of amides is 1. The second kappa shape index (κ2) is 13.1. The smallest absolute Gasteiger partial charge is 0.414 e. The second-order valence-corrected chi connectivity index (χ2v) is 11.0. The monoisotopic (exact) mass is 570 g/mol. The summed E-state index contributed by atoms with van der Waals surface area (Å²) >= 11 is 0. The molecule has 0 radical (unpaired) electrons. The van der Waals surface area contributed by atoms with Crippen LogP contribution in [0.4, 0.5) is 22.2 Å². The number of nitrogens with one attached hydrogen (secondary N) is 1. The van der Waals surface area contributed by atoms with Gasteiger partial charge in [-0.2, -0.15) is 4.98 Å². The lowest BCUT2D eigenvalue weighted by Gasteiger charge is -2.26. The summed E-state index contributed by atoms with van der Waals surface area (Å²) in [5.74, 6) is -0.455. The van der Waals surface area contributed by atoms with E-state index in [-0.39, 0.29) is 22.8 Å². The van der Waals surface area contributed by atoms with Gasteiger partial charge in [-0.25, -0.2) is 23.0 Å². The molecule has 0 fully saturated rings. The number of carboxylic acid groups (broad SMARTS) is 1. The Bertz CT molecular complexity index is 1410. The van der Waals surface area contributed by atoms with Gasteiger partial charge in [0, 0.05) is 40.7 Å². The van der Waals surface area contributed by atoms with Gasteiger partial charge in [-0.05, 0) is 43.7 Å². The Labute approximate surface area is 234 Å². The minimum atomic E-state index is -3.99. The Morgan fingerprint density at radius 1 is 1.00 bits per heavy atom. The molecule has 1 unspecified atom stereocenters. The molecule has 214 valence electrons. The fourth-order valence-electron chi connectivity index (χ4n) is 3.73. The fraction of sp³-hybridized carbons (Fsp3) is 0.333. The van der Waals surface area contributed by atoms with Gasteiger partial charge in [0.15, 0.2) is 5.82 Å². The maximum Gasteiger partial charge on any atom is 0.414 e. The Hall–Kier alpha value is -4.39. The number of anilines is 3. The molecule has 12 nitrogen and oxygen atoms in total. The molecule has 0 aliphatic carbocycles. The Morgan fingerprint density at radius 2 is 1.62 bits per heavy atom. The third-order valence-corrected chi connectivity index (χ3v) is 7.87. The van der Waals surface area contributed by atoms with Crippen molar-refractivity contribution in [2.24, 2.45) is 0 Å². The number of benzene rings is 2. The molecule has 0 spiro atoms. The van der Waals surface area contributed by atoms with Gasteiger partial charge < -0.3 is 25.0 Å². The van der Waals surface area contributed by atoms with E-state index < -0.39 is 28.1 Å². The van der Waals surface area contributed by atoms with E-state index in [1.54, 1.807) is 56.6 Å². The zero-order valence-corrected chi connectivity index (χ0v) is 23.9. The predicted octanol–water partition coefficient (Wildman–Crippen LogP) is 3.32. The van der Waals surface area contributed by atoms with Crippen LogP contribution in [0.2, 0.25) is 0 Å². The van der Waals surface area contributed by atoms with Crippen molar-refractivity contribution in [2.45, 2.75) is 31.2 Å². The second-order valence-electron chi connectivity index (χ2n) is 9.01. The van der Waals surface area contributed by atoms with E-state index in [2.05, 4.69) is 15.3 Å². The minimum absolute atomic E-state index is 0.0381. The summed E-state index contributed by atoms with van der Waals surface area (Å²) in [4.78, 5) is 36.2. The SMILES string of the molecule is CCN(CC)c1ncc(N(C)S(=O)(=O)c2ccccc2)c(NC(Cc2ccc(OC(=O)N(C)C)cc2)C(=O)O)n1. The van der Waals surface area contributed by atoms with Crippen LogP contribution in [0.5, 0.6) is 5.75 Å². The molecule has 0 saturated carbocycles. The topological polar surface area (TPSA) is 145 Å². The summed E-state index contributed by atoms with van der Waals surface area (Å²) in [5, 5.41) is 13.0. The first-order chi connectivity index (χ1) is 19.0. The normalized spacial score (nSPS) is 11.8. The lowest BCUT2D eigenvalue weighted by molar-refractivity contribution is -0.137. The number of hydrogen-bond acceptors (Lipinski definition) is 9. The summed E-state index contributed by atoms with van der Waals surface area (Å²) < 4.78 is 33.0. The van der Waals surface area contributed by atoms with Gasteiger partial charge in [0.2, 0.25) is 5.95 Å². The lowest BCUT2D eigenvalue weighted by Crippen LogP contribution is -2.35. The third kappa shape index (κ3) is 7.17. The quantitative estimate of drug-likeness (QED) is 0.333. The van der Waals surface area contributed by atoms with Crippen LogP contribution >= 0.6 is 0 Å². The van der Waals surface area contributed by atoms with Crippen LogP contribution in [0.1, 0.15) is 19.4 Å². The molecule has 40 heavy (non-hydrogen) atoms. The Balaban J connectivity index is 1.96. The summed E-state index contributed by atoms with van der Waals surface area (Å²) in [6.07, 6.45) is 0.875. The Morgan fingerprint density at radius 3 is 2.17 bits per heavy atom. The number of carboxylic acids is 1. The summed E-state index contributed by atoms with van der Waals surface area (Å²) in [6, 6.07) is 13.2. The van der Waals surface area contributed by atoms with Gasteiger partial charge in [0.25, 0.3) is 10.0 Å². The lowest BCUT2D eigenvalue weighted by atomic mass is 10.1. The molecule has 0 aliphatic heterocycles. The van der Waals surface area contributed by atoms with Crippen LogP contribution in [0.25, 0.3) is 0 Å². The van der Waals surface area contributed by atoms with Crippen molar-refractivity contribution >= 4 is 39.5 Å². The van der Waals surface area contributed by atoms with Crippen LogP contribution in [0.15, 0.2) is 65.7 Å². The van der Waals surface area contributed by atoms with E-state index in [4.69, 9.17) is 4.74 Å². The molecule has 1 atom stereocenters. The summed E-state index contributed by atoms with van der Waals surface area (Å²) in [7, 11) is 0.510. The third-order valence-electron chi connectivity index (χ3n) is 6.09. The van der Waals surface area contributed by atoms with Crippen molar-refractivity contribution in [3.8, 4) is 5.75 Å². The summed E-state index contributed by atoms with van der Waals surface area (Å²) in [6.45, 7) is 5.06. The minimum Gasteiger partial charge on any atom is -0.480 e. The number of ether oxygens (including phenoxy) is 1. The molecule has 1 amide bonds. The van der Waals surface area contributed by atoms with Crippen molar-refractivity contribution in [3.63, 3.8) is 0 Å². The van der Waals surface area contributed by atoms with Crippen molar-refractivity contribution in [1.82, 2.24) is 14.9 Å². The van der Waals surface area contributed by atoms with Crippen molar-refractivity contribution in [1.29, 1.82) is 0 Å². The van der Waals surface area contributed by atoms with Crippen molar-refractivity contribution in [2.75, 3.05) is 48.8 Å². The molecular weight excluding hydrogens is 536 g/mol. The average Bonchev–Trinajstić information content (AvgIpc) is 2.94. The van der Waals surface area contributed by atoms with Gasteiger partial charge >= 0.3 is 12.1 Å². The van der Waals surface area contributed by atoms with Gasteiger partial charge in [-0.1, -0.05) is 30.3 Å². The maximum absolute atomic E-state index is 13.4. The highest BCUT2D eigenvalue weighted by Gasteiger charge is 2.28. The van der Waals surface area contributed by atoms with Crippen LogP contribution < -0.4 is 19.3 Å². The van der Waals surface area contributed by atoms with Crippen LogP contribution in [-0.2, 0) is 21.2 Å². The first-order valence-corrected chi connectivity index (χ1v) is 14.0. The van der Waals surface area contributed by atoms with E-state index in [0.717, 1.165) is 4.31 Å². The number of sulfonamides is 1. The van der Waals surface area contributed by atoms with E-state index >= 15 is 0 Å². The zero-order valence-electron chi connectivity index (χ0n) is 23.1. The Kier molecular flexibility index (Phi) is 9.88. The highest BCUT2D eigenvalue weighted by atomic mass is 32.2. The van der Waals surface area contributed by atoms with Crippen molar-refractivity contribution in [3.05, 3.63) is 66.4 Å². The fourth-order valence-corrected chi connectivity index (χ4v) is 4.94. The number of rotatable bonds is 12. The van der Waals surface area contributed by atoms with E-state index in [0.29, 0.717) is 30.4 Å². The van der Waals surface area contributed by atoms with E-state index in [9.17, 15) is 23.1 Å². The summed E-state index contributed by atoms with van der Waals surface area (Å²) in [5.41, 5.74) is 0.742. The standard InChI is InChI=1S/C27H34N6O6S/c1-6-33(7-2)26-28-18-23(32(5)40(37,38)21-11-9-8-10-12-21)24(30-26)29-22(25(34)35)17-19-13-15-20(16-14-19)39-27(36)31(3)4/h8-16,18,22H,6-7,17H2,1-5H3,(H,34,35)(H,28,29,30). The zero-order chi connectivity index (χ0) is 29.4. The number of carbonyl (C=O) groups excluding carboxylic acids is 1. The number of aliphatic carboxylic acids is 1. The van der Waals surface area contributed by atoms with Gasteiger partial charge in [-0.3, -0.25) is 4.31 Å². The highest BCUT2D eigenvalue weighted by Crippen LogP contribution is 2.30. The molecule has 1 aromatic heterocycles. The highest BCUT2D eigenvalue weighted by molar-refractivity contribution is 7.92. The van der Waals surface area contributed by atoms with Crippen LogP contribution in [-0.4, -0.2) is 80.7 Å². The molecule has 13 heteroatoms. The number of carbonyl (C=O) groups is 2. The molecule has 1 heterocycles. The van der Waals surface area contributed by atoms with E-state index in [1.165, 1.54) is 30.3 Å². The molecule has 3 aromatic rings. The largest absolute Gasteiger partial charge is 0.480 e. The van der Waals surface area contributed by atoms with Gasteiger partial charge in [0.05, 0.1) is 11.1 Å². The van der Waals surface area contributed by atoms with E-state index in [1.807, 2.05) is 18.7 Å². The molecule has 2 N–H and O–H groups in total. The molecule has 0 aliphatic rings. The molecule has 3 rings (SSSR count). The number of hydrogen-bond donors (Lipinski definition) is 2. The molecule has 0 bridgehead atoms. The molecule has 2 aromatic carbocycles. The van der Waals surface area contributed by atoms with Crippen molar-refractivity contribution < 1.29 is 27.9 Å². The van der Waals surface area contributed by atoms with Gasteiger partial charge in [0.1, 0.15) is 17.5 Å². The van der Waals surface area contributed by atoms with Gasteiger partial charge in [-0.15, -0.1) is 0 Å². The maximum atomic E-state index is 13.4. The predicted molar refractivity (Wildman–Crippen MR) is 153 cm³/mol. The number of nitrogens with zero attached hydrogens (tertiary/aromatic N) is 5. The molecule has 0 saturated heterocycles. The first-order valence-electron chi connectivity index (χ1n) is 12.6.